The SMILES string of the molecule is CN(C)C(=O)CN(C)c1cc(Br)ccc1CNC(C)(C)C. The highest BCUT2D eigenvalue weighted by molar-refractivity contribution is 9.10. The van der Waals surface area contributed by atoms with Gasteiger partial charge >= 0.3 is 0 Å². The van der Waals surface area contributed by atoms with E-state index in [4.69, 9.17) is 0 Å². The average molecular weight is 356 g/mol. The molecular formula is C16H26BrN3O. The lowest BCUT2D eigenvalue weighted by Gasteiger charge is -2.26. The van der Waals surface area contributed by atoms with Crippen LogP contribution in [0.2, 0.25) is 0 Å². The smallest absolute Gasteiger partial charge is 0.241 e. The first-order chi connectivity index (χ1) is 9.60. The van der Waals surface area contributed by atoms with Crippen molar-refractivity contribution < 1.29 is 4.79 Å². The summed E-state index contributed by atoms with van der Waals surface area (Å²) in [6, 6.07) is 6.18. The molecule has 0 radical (unpaired) electrons. The van der Waals surface area contributed by atoms with Gasteiger partial charge in [-0.05, 0) is 38.5 Å². The van der Waals surface area contributed by atoms with E-state index >= 15 is 0 Å². The van der Waals surface area contributed by atoms with Crippen LogP contribution in [0.4, 0.5) is 5.69 Å². The molecule has 0 bridgehead atoms. The molecule has 118 valence electrons. The summed E-state index contributed by atoms with van der Waals surface area (Å²) in [5, 5.41) is 3.49. The number of amides is 1. The summed E-state index contributed by atoms with van der Waals surface area (Å²) in [6.07, 6.45) is 0. The molecular weight excluding hydrogens is 330 g/mol. The highest BCUT2D eigenvalue weighted by atomic mass is 79.9. The van der Waals surface area contributed by atoms with Crippen LogP contribution in [0.15, 0.2) is 22.7 Å². The maximum Gasteiger partial charge on any atom is 0.241 e. The second-order valence-corrected chi connectivity index (χ2v) is 7.44. The van der Waals surface area contributed by atoms with E-state index < -0.39 is 0 Å². The van der Waals surface area contributed by atoms with E-state index in [9.17, 15) is 4.79 Å². The van der Waals surface area contributed by atoms with Gasteiger partial charge in [0.1, 0.15) is 0 Å². The van der Waals surface area contributed by atoms with Crippen molar-refractivity contribution in [1.82, 2.24) is 10.2 Å². The van der Waals surface area contributed by atoms with Crippen molar-refractivity contribution in [2.75, 3.05) is 32.6 Å². The number of carbonyl (C=O) groups is 1. The quantitative estimate of drug-likeness (QED) is 0.881. The Morgan fingerprint density at radius 2 is 1.86 bits per heavy atom. The normalized spacial score (nSPS) is 11.4. The lowest BCUT2D eigenvalue weighted by Crippen LogP contribution is -2.37. The minimum atomic E-state index is 0.0579. The van der Waals surface area contributed by atoms with Crippen LogP contribution in [0.25, 0.3) is 0 Å². The fourth-order valence-electron chi connectivity index (χ4n) is 1.83. The van der Waals surface area contributed by atoms with Gasteiger partial charge in [0.15, 0.2) is 0 Å². The standard InChI is InChI=1S/C16H26BrN3O/c1-16(2,3)18-10-12-7-8-13(17)9-14(12)20(6)11-15(21)19(4)5/h7-9,18H,10-11H2,1-6H3. The van der Waals surface area contributed by atoms with Gasteiger partial charge in [0.05, 0.1) is 6.54 Å². The van der Waals surface area contributed by atoms with Crippen molar-refractivity contribution >= 4 is 27.5 Å². The van der Waals surface area contributed by atoms with Crippen LogP contribution in [0.5, 0.6) is 0 Å². The molecule has 0 aliphatic carbocycles. The van der Waals surface area contributed by atoms with Crippen molar-refractivity contribution in [2.24, 2.45) is 0 Å². The average Bonchev–Trinajstić information content (AvgIpc) is 2.35. The Kier molecular flexibility index (Phi) is 6.23. The summed E-state index contributed by atoms with van der Waals surface area (Å²) >= 11 is 3.51. The molecule has 4 nitrogen and oxygen atoms in total. The largest absolute Gasteiger partial charge is 0.365 e. The minimum absolute atomic E-state index is 0.0579. The second-order valence-electron chi connectivity index (χ2n) is 6.52. The van der Waals surface area contributed by atoms with Crippen LogP contribution < -0.4 is 10.2 Å². The van der Waals surface area contributed by atoms with Gasteiger partial charge in [0, 0.05) is 43.4 Å². The van der Waals surface area contributed by atoms with Crippen LogP contribution in [0.1, 0.15) is 26.3 Å². The molecule has 1 amide bonds. The topological polar surface area (TPSA) is 35.6 Å². The number of hydrogen-bond acceptors (Lipinski definition) is 3. The summed E-state index contributed by atoms with van der Waals surface area (Å²) < 4.78 is 1.01. The van der Waals surface area contributed by atoms with Crippen LogP contribution in [-0.4, -0.2) is 44.0 Å². The highest BCUT2D eigenvalue weighted by Gasteiger charge is 2.15. The molecule has 0 fully saturated rings. The molecule has 1 rings (SSSR count). The maximum atomic E-state index is 11.9. The third-order valence-electron chi connectivity index (χ3n) is 3.14. The number of carbonyl (C=O) groups excluding carboxylic acids is 1. The molecule has 1 aromatic carbocycles. The van der Waals surface area contributed by atoms with Gasteiger partial charge in [0.2, 0.25) is 5.91 Å². The van der Waals surface area contributed by atoms with Gasteiger partial charge < -0.3 is 15.1 Å². The third kappa shape index (κ3) is 6.06. The summed E-state index contributed by atoms with van der Waals surface area (Å²) in [4.78, 5) is 15.5. The molecule has 5 heteroatoms. The van der Waals surface area contributed by atoms with E-state index in [1.165, 1.54) is 5.56 Å². The molecule has 0 aliphatic heterocycles. The molecule has 21 heavy (non-hydrogen) atoms. The number of hydrogen-bond donors (Lipinski definition) is 1. The van der Waals surface area contributed by atoms with E-state index in [0.717, 1.165) is 16.7 Å². The second kappa shape index (κ2) is 7.27. The summed E-state index contributed by atoms with van der Waals surface area (Å²) in [7, 11) is 5.50. The van der Waals surface area contributed by atoms with E-state index in [0.29, 0.717) is 6.54 Å². The van der Waals surface area contributed by atoms with Crippen molar-refractivity contribution in [2.45, 2.75) is 32.9 Å². The lowest BCUT2D eigenvalue weighted by molar-refractivity contribution is -0.127. The highest BCUT2D eigenvalue weighted by Crippen LogP contribution is 2.25. The number of rotatable bonds is 5. The first-order valence-corrected chi connectivity index (χ1v) is 7.84. The van der Waals surface area contributed by atoms with E-state index in [1.54, 1.807) is 19.0 Å². The van der Waals surface area contributed by atoms with Gasteiger partial charge in [-0.1, -0.05) is 22.0 Å². The number of likely N-dealkylation sites (N-methyl/N-ethyl adjacent to an activating group) is 2. The van der Waals surface area contributed by atoms with Crippen LogP contribution in [0, 0.1) is 0 Å². The summed E-state index contributed by atoms with van der Waals surface area (Å²) in [5.41, 5.74) is 2.31. The molecule has 0 spiro atoms. The zero-order valence-corrected chi connectivity index (χ0v) is 15.4. The van der Waals surface area contributed by atoms with Gasteiger partial charge in [-0.3, -0.25) is 4.79 Å². The zero-order valence-electron chi connectivity index (χ0n) is 13.8. The Hall–Kier alpha value is -1.07. The van der Waals surface area contributed by atoms with Crippen LogP contribution in [-0.2, 0) is 11.3 Å². The predicted octanol–water partition coefficient (Wildman–Crippen LogP) is 2.86. The Bertz CT molecular complexity index is 495. The van der Waals surface area contributed by atoms with Crippen molar-refractivity contribution in [3.63, 3.8) is 0 Å². The first-order valence-electron chi connectivity index (χ1n) is 7.05. The number of halogens is 1. The van der Waals surface area contributed by atoms with Gasteiger partial charge in [-0.15, -0.1) is 0 Å². The number of anilines is 1. The van der Waals surface area contributed by atoms with Crippen molar-refractivity contribution in [3.8, 4) is 0 Å². The Balaban J connectivity index is 2.93. The molecule has 0 heterocycles. The maximum absolute atomic E-state index is 11.9. The van der Waals surface area contributed by atoms with Gasteiger partial charge in [-0.25, -0.2) is 0 Å². The predicted molar refractivity (Wildman–Crippen MR) is 92.7 cm³/mol. The molecule has 0 saturated carbocycles. The molecule has 0 atom stereocenters. The molecule has 0 unspecified atom stereocenters. The fraction of sp³-hybridized carbons (Fsp3) is 0.562. The van der Waals surface area contributed by atoms with Crippen LogP contribution in [0.3, 0.4) is 0 Å². The molecule has 0 saturated heterocycles. The lowest BCUT2D eigenvalue weighted by atomic mass is 10.1. The van der Waals surface area contributed by atoms with E-state index in [2.05, 4.69) is 54.2 Å². The number of benzene rings is 1. The molecule has 1 aromatic rings. The van der Waals surface area contributed by atoms with E-state index in [-0.39, 0.29) is 11.4 Å². The summed E-state index contributed by atoms with van der Waals surface area (Å²) in [5.74, 6) is 0.0900. The third-order valence-corrected chi connectivity index (χ3v) is 3.63. The van der Waals surface area contributed by atoms with Gasteiger partial charge in [0.25, 0.3) is 0 Å². The van der Waals surface area contributed by atoms with Crippen LogP contribution >= 0.6 is 15.9 Å². The Morgan fingerprint density at radius 1 is 1.24 bits per heavy atom. The first kappa shape index (κ1) is 18.0. The fourth-order valence-corrected chi connectivity index (χ4v) is 2.18. The number of nitrogens with one attached hydrogen (secondary N) is 1. The minimum Gasteiger partial charge on any atom is -0.365 e. The molecule has 0 aliphatic rings. The molecule has 1 N–H and O–H groups in total. The monoisotopic (exact) mass is 355 g/mol. The number of nitrogens with zero attached hydrogens (tertiary/aromatic N) is 2. The zero-order chi connectivity index (χ0) is 16.2. The van der Waals surface area contributed by atoms with Gasteiger partial charge in [-0.2, -0.15) is 0 Å². The summed E-state index contributed by atoms with van der Waals surface area (Å²) in [6.45, 7) is 7.57. The van der Waals surface area contributed by atoms with E-state index in [1.807, 2.05) is 18.0 Å². The Labute approximate surface area is 136 Å². The van der Waals surface area contributed by atoms with Crippen molar-refractivity contribution in [3.05, 3.63) is 28.2 Å². The molecule has 0 aromatic heterocycles. The van der Waals surface area contributed by atoms with Crippen molar-refractivity contribution in [1.29, 1.82) is 0 Å². The Morgan fingerprint density at radius 3 is 2.38 bits per heavy atom.